The van der Waals surface area contributed by atoms with E-state index in [-0.39, 0.29) is 6.04 Å². The van der Waals surface area contributed by atoms with E-state index in [1.54, 1.807) is 0 Å². The third-order valence-electron chi connectivity index (χ3n) is 3.08. The lowest BCUT2D eigenvalue weighted by molar-refractivity contribution is 0.459. The van der Waals surface area contributed by atoms with Crippen molar-refractivity contribution < 1.29 is 4.42 Å². The van der Waals surface area contributed by atoms with Crippen molar-refractivity contribution in [2.45, 2.75) is 12.5 Å². The maximum Gasteiger partial charge on any atom is 0.320 e. The molecule has 0 aliphatic rings. The van der Waals surface area contributed by atoms with Crippen molar-refractivity contribution in [3.8, 4) is 0 Å². The third-order valence-corrected chi connectivity index (χ3v) is 3.08. The van der Waals surface area contributed by atoms with E-state index >= 15 is 0 Å². The summed E-state index contributed by atoms with van der Waals surface area (Å²) >= 11 is 0. The van der Waals surface area contributed by atoms with Crippen LogP contribution < -0.4 is 11.1 Å². The van der Waals surface area contributed by atoms with Crippen LogP contribution in [-0.4, -0.2) is 10.2 Å². The predicted octanol–water partition coefficient (Wildman–Crippen LogP) is 3.06. The van der Waals surface area contributed by atoms with E-state index in [4.69, 9.17) is 10.2 Å². The molecule has 0 saturated heterocycles. The maximum absolute atomic E-state index is 6.11. The van der Waals surface area contributed by atoms with Crippen molar-refractivity contribution in [3.05, 3.63) is 72.1 Å². The van der Waals surface area contributed by atoms with Gasteiger partial charge in [0.2, 0.25) is 5.89 Å². The number of hydrogen-bond donors (Lipinski definition) is 2. The lowest BCUT2D eigenvalue weighted by Crippen LogP contribution is -2.13. The fourth-order valence-corrected chi connectivity index (χ4v) is 2.04. The van der Waals surface area contributed by atoms with Crippen molar-refractivity contribution in [1.82, 2.24) is 10.2 Å². The van der Waals surface area contributed by atoms with E-state index in [1.165, 1.54) is 0 Å². The van der Waals surface area contributed by atoms with Crippen LogP contribution in [0.2, 0.25) is 0 Å². The van der Waals surface area contributed by atoms with Crippen LogP contribution in [0.4, 0.5) is 11.7 Å². The summed E-state index contributed by atoms with van der Waals surface area (Å²) < 4.78 is 5.56. The van der Waals surface area contributed by atoms with E-state index in [0.717, 1.165) is 11.3 Å². The second-order valence-electron chi connectivity index (χ2n) is 4.73. The summed E-state index contributed by atoms with van der Waals surface area (Å²) in [5.41, 5.74) is 8.14. The van der Waals surface area contributed by atoms with Gasteiger partial charge >= 0.3 is 6.01 Å². The summed E-state index contributed by atoms with van der Waals surface area (Å²) in [6.07, 6.45) is 0.661. The van der Waals surface area contributed by atoms with Crippen LogP contribution in [0.5, 0.6) is 0 Å². The monoisotopic (exact) mass is 280 g/mol. The highest BCUT2D eigenvalue weighted by Gasteiger charge is 2.15. The molecule has 2 aromatic carbocycles. The molecule has 1 heterocycles. The Balaban J connectivity index is 1.67. The fraction of sp³-hybridized carbons (Fsp3) is 0.125. The van der Waals surface area contributed by atoms with Gasteiger partial charge < -0.3 is 15.5 Å². The zero-order chi connectivity index (χ0) is 14.5. The molecule has 0 saturated carbocycles. The number of nitrogens with two attached hydrogens (primary N) is 1. The van der Waals surface area contributed by atoms with Crippen molar-refractivity contribution in [1.29, 1.82) is 0 Å². The highest BCUT2D eigenvalue weighted by molar-refractivity contribution is 5.50. The average molecular weight is 280 g/mol. The molecule has 5 heteroatoms. The van der Waals surface area contributed by atoms with E-state index < -0.39 is 0 Å². The second kappa shape index (κ2) is 6.19. The van der Waals surface area contributed by atoms with Gasteiger partial charge in [0.1, 0.15) is 0 Å². The number of hydrogen-bond acceptors (Lipinski definition) is 5. The summed E-state index contributed by atoms with van der Waals surface area (Å²) in [7, 11) is 0. The number of nitrogens with one attached hydrogen (secondary N) is 1. The van der Waals surface area contributed by atoms with Gasteiger partial charge in [-0.15, -0.1) is 5.10 Å². The number of aromatic nitrogens is 2. The normalized spacial score (nSPS) is 12.0. The molecule has 0 bridgehead atoms. The molecule has 0 fully saturated rings. The van der Waals surface area contributed by atoms with Crippen LogP contribution in [0.1, 0.15) is 17.5 Å². The number of nitrogens with zero attached hydrogens (tertiary/aromatic N) is 2. The zero-order valence-electron chi connectivity index (χ0n) is 11.4. The average Bonchev–Trinajstić information content (AvgIpc) is 2.98. The van der Waals surface area contributed by atoms with Crippen LogP contribution in [0.25, 0.3) is 0 Å². The van der Waals surface area contributed by atoms with E-state index in [0.29, 0.717) is 18.3 Å². The third kappa shape index (κ3) is 3.46. The lowest BCUT2D eigenvalue weighted by Gasteiger charge is -2.06. The molecule has 0 spiro atoms. The Morgan fingerprint density at radius 1 is 0.952 bits per heavy atom. The van der Waals surface area contributed by atoms with Crippen molar-refractivity contribution >= 4 is 11.7 Å². The molecule has 0 amide bonds. The number of para-hydroxylation sites is 1. The van der Waals surface area contributed by atoms with Gasteiger partial charge in [0.05, 0.1) is 6.04 Å². The van der Waals surface area contributed by atoms with Gasteiger partial charge in [-0.3, -0.25) is 0 Å². The Morgan fingerprint density at radius 3 is 2.33 bits per heavy atom. The highest BCUT2D eigenvalue weighted by Crippen LogP contribution is 2.19. The lowest BCUT2D eigenvalue weighted by atomic mass is 10.1. The first-order chi connectivity index (χ1) is 10.3. The van der Waals surface area contributed by atoms with E-state index in [9.17, 15) is 0 Å². The minimum Gasteiger partial charge on any atom is -0.406 e. The summed E-state index contributed by atoms with van der Waals surface area (Å²) in [6.45, 7) is 0. The summed E-state index contributed by atoms with van der Waals surface area (Å²) in [4.78, 5) is 0. The molecule has 3 aromatic rings. The van der Waals surface area contributed by atoms with E-state index in [2.05, 4.69) is 15.5 Å². The fourth-order valence-electron chi connectivity index (χ4n) is 2.04. The molecule has 0 radical (unpaired) electrons. The van der Waals surface area contributed by atoms with Gasteiger partial charge in [0.25, 0.3) is 0 Å². The van der Waals surface area contributed by atoms with E-state index in [1.807, 2.05) is 60.7 Å². The molecule has 3 rings (SSSR count). The first-order valence-corrected chi connectivity index (χ1v) is 6.76. The zero-order valence-corrected chi connectivity index (χ0v) is 11.4. The van der Waals surface area contributed by atoms with Gasteiger partial charge in [-0.2, -0.15) is 0 Å². The molecule has 21 heavy (non-hydrogen) atoms. The van der Waals surface area contributed by atoms with Gasteiger partial charge in [0, 0.05) is 5.69 Å². The minimum absolute atomic E-state index is 0.314. The van der Waals surface area contributed by atoms with Crippen LogP contribution in [-0.2, 0) is 6.42 Å². The van der Waals surface area contributed by atoms with Crippen molar-refractivity contribution in [2.75, 3.05) is 5.32 Å². The first kappa shape index (κ1) is 13.3. The molecule has 0 aliphatic carbocycles. The molecular formula is C16H16N4O. The molecule has 3 N–H and O–H groups in total. The Morgan fingerprint density at radius 2 is 1.62 bits per heavy atom. The molecule has 1 atom stereocenters. The predicted molar refractivity (Wildman–Crippen MR) is 81.1 cm³/mol. The Bertz CT molecular complexity index is 682. The summed E-state index contributed by atoms with van der Waals surface area (Å²) in [5, 5.41) is 11.0. The second-order valence-corrected chi connectivity index (χ2v) is 4.73. The largest absolute Gasteiger partial charge is 0.406 e. The Labute approximate surface area is 122 Å². The van der Waals surface area contributed by atoms with Gasteiger partial charge in [0.15, 0.2) is 0 Å². The quantitative estimate of drug-likeness (QED) is 0.751. The number of benzene rings is 2. The van der Waals surface area contributed by atoms with Crippen LogP contribution in [0.15, 0.2) is 65.1 Å². The molecule has 1 aromatic heterocycles. The van der Waals surface area contributed by atoms with Crippen LogP contribution in [0.3, 0.4) is 0 Å². The molecule has 0 aliphatic heterocycles. The number of anilines is 2. The van der Waals surface area contributed by atoms with Gasteiger partial charge in [-0.25, -0.2) is 0 Å². The van der Waals surface area contributed by atoms with Gasteiger partial charge in [-0.1, -0.05) is 53.6 Å². The molecule has 0 unspecified atom stereocenters. The van der Waals surface area contributed by atoms with Crippen molar-refractivity contribution in [2.24, 2.45) is 5.73 Å². The standard InChI is InChI=1S/C16H16N4O/c17-14(11-12-7-3-1-4-8-12)15-19-20-16(21-15)18-13-9-5-2-6-10-13/h1-10,14H,11,17H2,(H,18,20)/t14-/m0/s1. The SMILES string of the molecule is N[C@@H](Cc1ccccc1)c1nnc(Nc2ccccc2)o1. The van der Waals surface area contributed by atoms with Crippen LogP contribution in [0, 0.1) is 0 Å². The molecule has 106 valence electrons. The summed E-state index contributed by atoms with van der Waals surface area (Å²) in [6, 6.07) is 19.7. The summed E-state index contributed by atoms with van der Waals surface area (Å²) in [5.74, 6) is 0.428. The smallest absolute Gasteiger partial charge is 0.320 e. The minimum atomic E-state index is -0.314. The Kier molecular flexibility index (Phi) is 3.93. The van der Waals surface area contributed by atoms with Gasteiger partial charge in [-0.05, 0) is 24.1 Å². The molecule has 5 nitrogen and oxygen atoms in total. The topological polar surface area (TPSA) is 77.0 Å². The first-order valence-electron chi connectivity index (χ1n) is 6.76. The number of rotatable bonds is 5. The van der Waals surface area contributed by atoms with Crippen molar-refractivity contribution in [3.63, 3.8) is 0 Å². The highest BCUT2D eigenvalue weighted by atomic mass is 16.4. The van der Waals surface area contributed by atoms with Crippen LogP contribution >= 0.6 is 0 Å². The Hall–Kier alpha value is -2.66. The maximum atomic E-state index is 6.11. The molecular weight excluding hydrogens is 264 g/mol.